The fraction of sp³-hybridized carbons (Fsp3) is 0.278. The van der Waals surface area contributed by atoms with Crippen LogP contribution in [0.3, 0.4) is 0 Å². The van der Waals surface area contributed by atoms with Crippen molar-refractivity contribution in [2.45, 2.75) is 19.9 Å². The number of carbonyl (C=O) groups excluding carboxylic acids is 1. The van der Waals surface area contributed by atoms with E-state index in [1.807, 2.05) is 19.1 Å². The lowest BCUT2D eigenvalue weighted by Crippen LogP contribution is -2.24. The highest BCUT2D eigenvalue weighted by molar-refractivity contribution is 9.10. The third-order valence-electron chi connectivity index (χ3n) is 3.91. The van der Waals surface area contributed by atoms with E-state index in [0.717, 1.165) is 40.9 Å². The molecule has 0 unspecified atom stereocenters. The zero-order valence-electron chi connectivity index (χ0n) is 13.3. The maximum Gasteiger partial charge on any atom is 0.255 e. The van der Waals surface area contributed by atoms with Crippen LogP contribution in [0.1, 0.15) is 28.4 Å². The summed E-state index contributed by atoms with van der Waals surface area (Å²) in [4.78, 5) is 12.5. The molecular formula is C18H18BrClN2O2. The minimum Gasteiger partial charge on any atom is -0.493 e. The first-order valence-electron chi connectivity index (χ1n) is 7.84. The van der Waals surface area contributed by atoms with Crippen molar-refractivity contribution >= 4 is 39.1 Å². The molecule has 0 radical (unpaired) electrons. The van der Waals surface area contributed by atoms with Crippen LogP contribution in [0.5, 0.6) is 5.75 Å². The minimum atomic E-state index is -0.182. The van der Waals surface area contributed by atoms with Crippen molar-refractivity contribution in [3.63, 3.8) is 0 Å². The van der Waals surface area contributed by atoms with E-state index in [2.05, 4.69) is 26.6 Å². The van der Waals surface area contributed by atoms with E-state index < -0.39 is 0 Å². The van der Waals surface area contributed by atoms with Crippen LogP contribution in [-0.4, -0.2) is 19.1 Å². The molecule has 0 bridgehead atoms. The first-order chi connectivity index (χ1) is 11.6. The molecule has 1 amide bonds. The highest BCUT2D eigenvalue weighted by Gasteiger charge is 2.15. The van der Waals surface area contributed by atoms with Gasteiger partial charge in [-0.05, 0) is 77.3 Å². The Bertz CT molecular complexity index is 780. The van der Waals surface area contributed by atoms with Crippen molar-refractivity contribution in [3.8, 4) is 5.75 Å². The fourth-order valence-corrected chi connectivity index (χ4v) is 3.58. The number of rotatable bonds is 4. The van der Waals surface area contributed by atoms with Gasteiger partial charge in [-0.3, -0.25) is 4.79 Å². The van der Waals surface area contributed by atoms with Gasteiger partial charge in [0.2, 0.25) is 0 Å². The molecule has 24 heavy (non-hydrogen) atoms. The van der Waals surface area contributed by atoms with E-state index in [-0.39, 0.29) is 5.91 Å². The van der Waals surface area contributed by atoms with Gasteiger partial charge in [-0.2, -0.15) is 0 Å². The Balaban J connectivity index is 1.80. The summed E-state index contributed by atoms with van der Waals surface area (Å²) in [5.74, 6) is 0.537. The van der Waals surface area contributed by atoms with Crippen molar-refractivity contribution in [3.05, 3.63) is 56.5 Å². The van der Waals surface area contributed by atoms with Crippen LogP contribution in [0.15, 0.2) is 34.8 Å². The maximum atomic E-state index is 12.5. The van der Waals surface area contributed by atoms with Crippen molar-refractivity contribution in [2.75, 3.05) is 18.5 Å². The Morgan fingerprint density at radius 1 is 1.38 bits per heavy atom. The van der Waals surface area contributed by atoms with E-state index in [1.165, 1.54) is 0 Å². The highest BCUT2D eigenvalue weighted by Crippen LogP contribution is 2.29. The van der Waals surface area contributed by atoms with Crippen molar-refractivity contribution in [1.82, 2.24) is 5.32 Å². The molecule has 2 N–H and O–H groups in total. The number of hydrogen-bond acceptors (Lipinski definition) is 3. The monoisotopic (exact) mass is 408 g/mol. The molecule has 2 aromatic rings. The average molecular weight is 410 g/mol. The number of halogens is 2. The SMILES string of the molecule is CCOc1ccc(C(=O)Nc2cc(Cl)c3c(c2)CNCC3)cc1Br. The van der Waals surface area contributed by atoms with E-state index in [9.17, 15) is 4.79 Å². The Kier molecular flexibility index (Phi) is 5.43. The Hall–Kier alpha value is -1.56. The summed E-state index contributed by atoms with van der Waals surface area (Å²) in [6.45, 7) is 4.19. The summed E-state index contributed by atoms with van der Waals surface area (Å²) >= 11 is 9.78. The third kappa shape index (κ3) is 3.74. The second-order valence-electron chi connectivity index (χ2n) is 5.55. The predicted octanol–water partition coefficient (Wildman–Crippen LogP) is 4.40. The minimum absolute atomic E-state index is 0.182. The molecule has 0 saturated carbocycles. The van der Waals surface area contributed by atoms with Gasteiger partial charge in [0.15, 0.2) is 0 Å². The lowest BCUT2D eigenvalue weighted by Gasteiger charge is -2.19. The normalized spacial score (nSPS) is 13.3. The number of amides is 1. The number of anilines is 1. The molecule has 0 saturated heterocycles. The summed E-state index contributed by atoms with van der Waals surface area (Å²) < 4.78 is 6.22. The van der Waals surface area contributed by atoms with Gasteiger partial charge in [-0.1, -0.05) is 11.6 Å². The van der Waals surface area contributed by atoms with Crippen LogP contribution in [0, 0.1) is 0 Å². The second kappa shape index (κ2) is 7.55. The third-order valence-corrected chi connectivity index (χ3v) is 4.86. The number of nitrogens with one attached hydrogen (secondary N) is 2. The summed E-state index contributed by atoms with van der Waals surface area (Å²) in [5, 5.41) is 6.94. The Labute approximate surface area is 154 Å². The summed E-state index contributed by atoms with van der Waals surface area (Å²) in [6.07, 6.45) is 0.911. The van der Waals surface area contributed by atoms with E-state index in [1.54, 1.807) is 18.2 Å². The fourth-order valence-electron chi connectivity index (χ4n) is 2.76. The van der Waals surface area contributed by atoms with Crippen molar-refractivity contribution < 1.29 is 9.53 Å². The summed E-state index contributed by atoms with van der Waals surface area (Å²) in [7, 11) is 0. The van der Waals surface area contributed by atoms with Gasteiger partial charge >= 0.3 is 0 Å². The second-order valence-corrected chi connectivity index (χ2v) is 6.82. The predicted molar refractivity (Wildman–Crippen MR) is 100 cm³/mol. The van der Waals surface area contributed by atoms with Crippen LogP contribution in [0.2, 0.25) is 5.02 Å². The van der Waals surface area contributed by atoms with Gasteiger partial charge in [0, 0.05) is 22.8 Å². The lowest BCUT2D eigenvalue weighted by molar-refractivity contribution is 0.102. The van der Waals surface area contributed by atoms with Gasteiger partial charge in [-0.25, -0.2) is 0 Å². The molecule has 1 heterocycles. The first kappa shape index (κ1) is 17.3. The molecule has 0 fully saturated rings. The highest BCUT2D eigenvalue weighted by atomic mass is 79.9. The zero-order valence-corrected chi connectivity index (χ0v) is 15.6. The molecule has 0 aromatic heterocycles. The number of hydrogen-bond donors (Lipinski definition) is 2. The molecule has 6 heteroatoms. The molecule has 1 aliphatic heterocycles. The number of ether oxygens (including phenoxy) is 1. The number of benzene rings is 2. The number of fused-ring (bicyclic) bond motifs is 1. The van der Waals surface area contributed by atoms with Gasteiger partial charge < -0.3 is 15.4 Å². The first-order valence-corrected chi connectivity index (χ1v) is 9.01. The van der Waals surface area contributed by atoms with Gasteiger partial charge in [0.05, 0.1) is 11.1 Å². The molecule has 4 nitrogen and oxygen atoms in total. The van der Waals surface area contributed by atoms with Crippen LogP contribution >= 0.6 is 27.5 Å². The van der Waals surface area contributed by atoms with Gasteiger partial charge in [0.1, 0.15) is 5.75 Å². The van der Waals surface area contributed by atoms with E-state index >= 15 is 0 Å². The summed E-state index contributed by atoms with van der Waals surface area (Å²) in [5.41, 5.74) is 3.56. The van der Waals surface area contributed by atoms with E-state index in [0.29, 0.717) is 22.9 Å². The van der Waals surface area contributed by atoms with Crippen LogP contribution in [0.4, 0.5) is 5.69 Å². The molecule has 3 rings (SSSR count). The smallest absolute Gasteiger partial charge is 0.255 e. The van der Waals surface area contributed by atoms with Gasteiger partial charge in [-0.15, -0.1) is 0 Å². The molecule has 0 spiro atoms. The van der Waals surface area contributed by atoms with Crippen LogP contribution < -0.4 is 15.4 Å². The molecule has 0 aliphatic carbocycles. The topological polar surface area (TPSA) is 50.4 Å². The molecule has 0 atom stereocenters. The Morgan fingerprint density at radius 2 is 2.21 bits per heavy atom. The molecule has 2 aromatic carbocycles. The number of carbonyl (C=O) groups is 1. The maximum absolute atomic E-state index is 12.5. The average Bonchev–Trinajstić information content (AvgIpc) is 2.57. The van der Waals surface area contributed by atoms with Gasteiger partial charge in [0.25, 0.3) is 5.91 Å². The van der Waals surface area contributed by atoms with Crippen LogP contribution in [0.25, 0.3) is 0 Å². The standard InChI is InChI=1S/C18H18BrClN2O2/c1-2-24-17-4-3-11(8-15(17)19)18(23)22-13-7-12-10-21-6-5-14(12)16(20)9-13/h3-4,7-9,21H,2,5-6,10H2,1H3,(H,22,23). The lowest BCUT2D eigenvalue weighted by atomic mass is 10.00. The molecule has 126 valence electrons. The summed E-state index contributed by atoms with van der Waals surface area (Å²) in [6, 6.07) is 9.07. The van der Waals surface area contributed by atoms with Crippen LogP contribution in [-0.2, 0) is 13.0 Å². The zero-order chi connectivity index (χ0) is 17.1. The quantitative estimate of drug-likeness (QED) is 0.787. The molecule has 1 aliphatic rings. The van der Waals surface area contributed by atoms with E-state index in [4.69, 9.17) is 16.3 Å². The van der Waals surface area contributed by atoms with Crippen molar-refractivity contribution in [1.29, 1.82) is 0 Å². The Morgan fingerprint density at radius 3 is 2.96 bits per heavy atom. The largest absolute Gasteiger partial charge is 0.493 e. The molecular weight excluding hydrogens is 392 g/mol. The van der Waals surface area contributed by atoms with Crippen molar-refractivity contribution in [2.24, 2.45) is 0 Å².